The molecule has 1 aromatic rings. The van der Waals surface area contributed by atoms with E-state index in [0.29, 0.717) is 0 Å². The first-order valence-corrected chi connectivity index (χ1v) is 4.76. The summed E-state index contributed by atoms with van der Waals surface area (Å²) in [6.45, 7) is 3.82. The van der Waals surface area contributed by atoms with Crippen LogP contribution < -0.4 is 5.32 Å². The SMILES string of the molecule is CCNCc1cccc(C#CCO)c1. The first-order valence-electron chi connectivity index (χ1n) is 4.76. The molecule has 0 aliphatic carbocycles. The molecule has 0 spiro atoms. The molecule has 0 unspecified atom stereocenters. The van der Waals surface area contributed by atoms with Crippen LogP contribution in [0, 0.1) is 11.8 Å². The van der Waals surface area contributed by atoms with Gasteiger partial charge in [0.05, 0.1) is 0 Å². The topological polar surface area (TPSA) is 32.3 Å². The van der Waals surface area contributed by atoms with Crippen molar-refractivity contribution in [2.45, 2.75) is 13.5 Å². The number of benzene rings is 1. The lowest BCUT2D eigenvalue weighted by molar-refractivity contribution is 0.350. The fraction of sp³-hybridized carbons (Fsp3) is 0.333. The van der Waals surface area contributed by atoms with Gasteiger partial charge in [-0.3, -0.25) is 0 Å². The van der Waals surface area contributed by atoms with Crippen LogP contribution in [0.1, 0.15) is 18.1 Å². The van der Waals surface area contributed by atoms with Crippen LogP contribution in [0.3, 0.4) is 0 Å². The number of aliphatic hydroxyl groups is 1. The minimum absolute atomic E-state index is 0.0859. The summed E-state index contributed by atoms with van der Waals surface area (Å²) in [5, 5.41) is 11.8. The van der Waals surface area contributed by atoms with Crippen molar-refractivity contribution in [3.63, 3.8) is 0 Å². The lowest BCUT2D eigenvalue weighted by Gasteiger charge is -2.01. The molecule has 0 radical (unpaired) electrons. The second-order valence-electron chi connectivity index (χ2n) is 2.94. The van der Waals surface area contributed by atoms with Crippen LogP contribution in [0.25, 0.3) is 0 Å². The molecule has 0 aliphatic rings. The zero-order chi connectivity index (χ0) is 10.2. The summed E-state index contributed by atoms with van der Waals surface area (Å²) in [5.41, 5.74) is 2.17. The molecule has 2 nitrogen and oxygen atoms in total. The van der Waals surface area contributed by atoms with Crippen LogP contribution in [0.15, 0.2) is 24.3 Å². The van der Waals surface area contributed by atoms with Gasteiger partial charge in [-0.25, -0.2) is 0 Å². The number of hydrogen-bond donors (Lipinski definition) is 2. The summed E-state index contributed by atoms with van der Waals surface area (Å²) in [7, 11) is 0. The van der Waals surface area contributed by atoms with Crippen molar-refractivity contribution in [1.82, 2.24) is 5.32 Å². The van der Waals surface area contributed by atoms with E-state index in [-0.39, 0.29) is 6.61 Å². The second-order valence-corrected chi connectivity index (χ2v) is 2.94. The average molecular weight is 189 g/mol. The average Bonchev–Trinajstić information content (AvgIpc) is 2.24. The fourth-order valence-electron chi connectivity index (χ4n) is 1.17. The Morgan fingerprint density at radius 3 is 3.00 bits per heavy atom. The highest BCUT2D eigenvalue weighted by atomic mass is 16.2. The Morgan fingerprint density at radius 2 is 2.29 bits per heavy atom. The minimum Gasteiger partial charge on any atom is -0.384 e. The predicted octanol–water partition coefficient (Wildman–Crippen LogP) is 1.14. The normalized spacial score (nSPS) is 9.29. The zero-order valence-corrected chi connectivity index (χ0v) is 8.38. The number of hydrogen-bond acceptors (Lipinski definition) is 2. The Labute approximate surface area is 85.0 Å². The van der Waals surface area contributed by atoms with E-state index < -0.39 is 0 Å². The van der Waals surface area contributed by atoms with Crippen molar-refractivity contribution in [3.8, 4) is 11.8 Å². The zero-order valence-electron chi connectivity index (χ0n) is 8.38. The number of rotatable bonds is 3. The van der Waals surface area contributed by atoms with Gasteiger partial charge in [0.15, 0.2) is 0 Å². The maximum Gasteiger partial charge on any atom is 0.104 e. The highest BCUT2D eigenvalue weighted by molar-refractivity contribution is 5.37. The van der Waals surface area contributed by atoms with Crippen molar-refractivity contribution >= 4 is 0 Å². The van der Waals surface area contributed by atoms with Crippen molar-refractivity contribution in [2.75, 3.05) is 13.2 Å². The van der Waals surface area contributed by atoms with E-state index in [9.17, 15) is 0 Å². The Hall–Kier alpha value is -1.30. The van der Waals surface area contributed by atoms with Crippen LogP contribution in [0.4, 0.5) is 0 Å². The van der Waals surface area contributed by atoms with Gasteiger partial charge in [-0.2, -0.15) is 0 Å². The summed E-state index contributed by atoms with van der Waals surface area (Å²) in [5.74, 6) is 5.52. The van der Waals surface area contributed by atoms with E-state index in [4.69, 9.17) is 5.11 Å². The minimum atomic E-state index is -0.0859. The Morgan fingerprint density at radius 1 is 1.43 bits per heavy atom. The van der Waals surface area contributed by atoms with Gasteiger partial charge in [0.25, 0.3) is 0 Å². The van der Waals surface area contributed by atoms with Crippen molar-refractivity contribution < 1.29 is 5.11 Å². The third kappa shape index (κ3) is 3.61. The standard InChI is InChI=1S/C12H15NO/c1-2-13-10-12-6-3-5-11(9-12)7-4-8-14/h3,5-6,9,13-14H,2,8,10H2,1H3. The molecule has 1 rings (SSSR count). The quantitative estimate of drug-likeness (QED) is 0.699. The van der Waals surface area contributed by atoms with Crippen molar-refractivity contribution in [2.24, 2.45) is 0 Å². The molecule has 0 amide bonds. The monoisotopic (exact) mass is 189 g/mol. The Balaban J connectivity index is 2.68. The molecule has 2 heteroatoms. The molecule has 2 N–H and O–H groups in total. The van der Waals surface area contributed by atoms with E-state index >= 15 is 0 Å². The fourth-order valence-corrected chi connectivity index (χ4v) is 1.17. The number of aliphatic hydroxyl groups excluding tert-OH is 1. The molecule has 74 valence electrons. The summed E-state index contributed by atoms with van der Waals surface area (Å²) in [6, 6.07) is 8.02. The summed E-state index contributed by atoms with van der Waals surface area (Å²) in [4.78, 5) is 0. The van der Waals surface area contributed by atoms with Gasteiger partial charge in [0.1, 0.15) is 6.61 Å². The van der Waals surface area contributed by atoms with Gasteiger partial charge in [0.2, 0.25) is 0 Å². The molecule has 0 bridgehead atoms. The molecule has 0 heterocycles. The molecule has 0 saturated heterocycles. The van der Waals surface area contributed by atoms with Crippen LogP contribution in [-0.4, -0.2) is 18.3 Å². The van der Waals surface area contributed by atoms with E-state index in [2.05, 4.69) is 30.1 Å². The third-order valence-corrected chi connectivity index (χ3v) is 1.82. The van der Waals surface area contributed by atoms with Crippen molar-refractivity contribution in [3.05, 3.63) is 35.4 Å². The van der Waals surface area contributed by atoms with Gasteiger partial charge in [-0.05, 0) is 24.2 Å². The molecule has 0 atom stereocenters. The number of nitrogens with one attached hydrogen (secondary N) is 1. The molecule has 14 heavy (non-hydrogen) atoms. The molecule has 1 aromatic carbocycles. The summed E-state index contributed by atoms with van der Waals surface area (Å²) in [6.07, 6.45) is 0. The Bertz CT molecular complexity index is 336. The van der Waals surface area contributed by atoms with Gasteiger partial charge < -0.3 is 10.4 Å². The lowest BCUT2D eigenvalue weighted by atomic mass is 10.1. The molecular formula is C12H15NO. The Kier molecular flexibility index (Phi) is 4.77. The lowest BCUT2D eigenvalue weighted by Crippen LogP contribution is -2.11. The van der Waals surface area contributed by atoms with E-state index in [0.717, 1.165) is 18.7 Å². The van der Waals surface area contributed by atoms with Crippen LogP contribution >= 0.6 is 0 Å². The van der Waals surface area contributed by atoms with Crippen LogP contribution in [-0.2, 0) is 6.54 Å². The van der Waals surface area contributed by atoms with Crippen molar-refractivity contribution in [1.29, 1.82) is 0 Å². The highest BCUT2D eigenvalue weighted by Gasteiger charge is 1.92. The van der Waals surface area contributed by atoms with Crippen LogP contribution in [0.5, 0.6) is 0 Å². The van der Waals surface area contributed by atoms with Crippen LogP contribution in [0.2, 0.25) is 0 Å². The van der Waals surface area contributed by atoms with Gasteiger partial charge >= 0.3 is 0 Å². The molecule has 0 fully saturated rings. The maximum atomic E-state index is 8.55. The molecule has 0 aliphatic heterocycles. The van der Waals surface area contributed by atoms with Gasteiger partial charge in [-0.1, -0.05) is 30.9 Å². The van der Waals surface area contributed by atoms with Gasteiger partial charge in [0, 0.05) is 12.1 Å². The smallest absolute Gasteiger partial charge is 0.104 e. The van der Waals surface area contributed by atoms with Gasteiger partial charge in [-0.15, -0.1) is 0 Å². The highest BCUT2D eigenvalue weighted by Crippen LogP contribution is 2.03. The molecular weight excluding hydrogens is 174 g/mol. The molecule has 0 aromatic heterocycles. The predicted molar refractivity (Wildman–Crippen MR) is 57.8 cm³/mol. The third-order valence-electron chi connectivity index (χ3n) is 1.82. The summed E-state index contributed by atoms with van der Waals surface area (Å²) < 4.78 is 0. The van der Waals surface area contributed by atoms with E-state index in [1.165, 1.54) is 5.56 Å². The summed E-state index contributed by atoms with van der Waals surface area (Å²) >= 11 is 0. The largest absolute Gasteiger partial charge is 0.384 e. The molecule has 0 saturated carbocycles. The second kappa shape index (κ2) is 6.20. The maximum absolute atomic E-state index is 8.55. The van der Waals surface area contributed by atoms with E-state index in [1.807, 2.05) is 18.2 Å². The first-order chi connectivity index (χ1) is 6.86. The first kappa shape index (κ1) is 10.8. The van der Waals surface area contributed by atoms with E-state index in [1.54, 1.807) is 0 Å².